The second kappa shape index (κ2) is 18.3. The van der Waals surface area contributed by atoms with Gasteiger partial charge in [0.15, 0.2) is 0 Å². The van der Waals surface area contributed by atoms with Crippen molar-refractivity contribution < 1.29 is 33.8 Å². The van der Waals surface area contributed by atoms with Crippen molar-refractivity contribution in [2.24, 2.45) is 5.41 Å². The first-order valence-corrected chi connectivity index (χ1v) is 25.5. The summed E-state index contributed by atoms with van der Waals surface area (Å²) in [5.41, 5.74) is 7.62. The number of carbonyl (C=O) groups is 5. The number of carbonyl (C=O) groups excluding carboxylic acids is 5. The summed E-state index contributed by atoms with van der Waals surface area (Å²) in [5.74, 6) is -0.854. The van der Waals surface area contributed by atoms with Gasteiger partial charge in [0.1, 0.15) is 23.2 Å². The predicted molar refractivity (Wildman–Crippen MR) is 268 cm³/mol. The van der Waals surface area contributed by atoms with E-state index in [9.17, 15) is 29.1 Å². The van der Waals surface area contributed by atoms with Crippen LogP contribution in [-0.4, -0.2) is 153 Å². The highest BCUT2D eigenvalue weighted by Crippen LogP contribution is 2.41. The third-order valence-corrected chi connectivity index (χ3v) is 16.3. The molecule has 1 aliphatic carbocycles. The van der Waals surface area contributed by atoms with Gasteiger partial charge < -0.3 is 39.3 Å². The Kier molecular flexibility index (Phi) is 12.0. The third-order valence-electron chi connectivity index (χ3n) is 16.3. The number of aliphatic hydroxyl groups is 1. The molecule has 3 aromatic heterocycles. The fourth-order valence-corrected chi connectivity index (χ4v) is 12.9. The first kappa shape index (κ1) is 46.8. The lowest BCUT2D eigenvalue weighted by Gasteiger charge is -2.49. The number of hydrogen-bond acceptors (Lipinski definition) is 14. The van der Waals surface area contributed by atoms with Crippen LogP contribution in [0.1, 0.15) is 109 Å². The van der Waals surface area contributed by atoms with Crippen LogP contribution in [0.3, 0.4) is 0 Å². The minimum atomic E-state index is -0.984. The summed E-state index contributed by atoms with van der Waals surface area (Å²) in [5, 5.41) is 17.1. The van der Waals surface area contributed by atoms with Gasteiger partial charge in [0, 0.05) is 82.2 Å². The molecule has 18 heteroatoms. The predicted octanol–water partition coefficient (Wildman–Crippen LogP) is 4.61. The number of amides is 5. The van der Waals surface area contributed by atoms with Gasteiger partial charge in [0.25, 0.3) is 17.7 Å². The number of piperazine rings is 1. The molecule has 0 radical (unpaired) electrons. The van der Waals surface area contributed by atoms with Gasteiger partial charge in [0.05, 0.1) is 60.2 Å². The van der Waals surface area contributed by atoms with Crippen LogP contribution in [0.5, 0.6) is 5.88 Å². The van der Waals surface area contributed by atoms with Crippen molar-refractivity contribution in [3.8, 4) is 5.88 Å². The zero-order valence-electron chi connectivity index (χ0n) is 41.4. The van der Waals surface area contributed by atoms with E-state index < -0.39 is 35.8 Å². The van der Waals surface area contributed by atoms with E-state index in [2.05, 4.69) is 67.7 Å². The molecule has 9 heterocycles. The highest BCUT2D eigenvalue weighted by Gasteiger charge is 2.46. The van der Waals surface area contributed by atoms with E-state index >= 15 is 0 Å². The van der Waals surface area contributed by atoms with Crippen molar-refractivity contribution in [3.05, 3.63) is 82.9 Å². The van der Waals surface area contributed by atoms with E-state index in [-0.39, 0.29) is 42.3 Å². The van der Waals surface area contributed by atoms with Crippen LogP contribution in [0.2, 0.25) is 0 Å². The summed E-state index contributed by atoms with van der Waals surface area (Å²) < 4.78 is 7.98. The number of aliphatic hydroxyl groups excluding tert-OH is 1. The Morgan fingerprint density at radius 3 is 2.28 bits per heavy atom. The summed E-state index contributed by atoms with van der Waals surface area (Å²) in [4.78, 5) is 87.3. The molecule has 4 saturated heterocycles. The first-order valence-electron chi connectivity index (χ1n) is 25.5. The molecule has 3 N–H and O–H groups in total. The van der Waals surface area contributed by atoms with E-state index in [1.807, 2.05) is 36.2 Å². The number of rotatable bonds is 10. The van der Waals surface area contributed by atoms with Crippen LogP contribution in [0.4, 0.5) is 28.6 Å². The molecule has 0 bridgehead atoms. The minimum absolute atomic E-state index is 0.0537. The molecule has 0 saturated carbocycles. The van der Waals surface area contributed by atoms with Gasteiger partial charge in [-0.2, -0.15) is 0 Å². The maximum atomic E-state index is 14.2. The Morgan fingerprint density at radius 1 is 0.789 bits per heavy atom. The van der Waals surface area contributed by atoms with Gasteiger partial charge in [-0.25, -0.2) is 9.97 Å². The number of fused-ring (bicyclic) bond motifs is 4. The third kappa shape index (κ3) is 8.45. The second-order valence-corrected chi connectivity index (χ2v) is 21.5. The molecule has 1 unspecified atom stereocenters. The molecule has 5 amide bonds. The standard InChI is InChI=1S/C53H65N11O7/c1-31-30-59(34-14-17-58(18-15-34)35-8-10-38-39(24-35)51(69)64(50(38)68)42-11-13-46(66)57-48(42)67)19-20-60(31)36-9-12-45(54-28-36)56-40-25-37(29-55-49(40)71-5)61-16-6-7-41(47(61)32(2)65)63-22-21-62-43(52(63)70)23-33-26-53(3,4)27-44(33)62/h8-10,12,23-25,28-29,31-32,34,41-42,47,65H,6-7,11,13-22,26-27,30H2,1-5H3,(H,54,56)(H,57,66,67)/t31-,32+,41+,42?,47+/m0/s1. The molecule has 5 atom stereocenters. The van der Waals surface area contributed by atoms with Crippen molar-refractivity contribution in [1.82, 2.24) is 34.6 Å². The normalized spacial score (nSPS) is 25.3. The monoisotopic (exact) mass is 968 g/mol. The van der Waals surface area contributed by atoms with Crippen molar-refractivity contribution in [1.29, 1.82) is 0 Å². The lowest BCUT2D eigenvalue weighted by atomic mass is 9.89. The molecule has 7 aliphatic rings. The van der Waals surface area contributed by atoms with Crippen LogP contribution in [0.15, 0.2) is 54.9 Å². The SMILES string of the molecule is COc1ncc(N2CCC[C@@H](N3CCn4c(cc5c4CC(C)(C)C5)C3=O)[C@H]2[C@@H](C)O)cc1Nc1ccc(N2CCN(C3CCN(c4ccc5c(c4)C(=O)N(C4CCC(=O)NC4=O)C5=O)CC3)C[C@@H]2C)cn1. The molecule has 71 heavy (non-hydrogen) atoms. The van der Waals surface area contributed by atoms with Crippen LogP contribution in [0.25, 0.3) is 0 Å². The average Bonchev–Trinajstić information content (AvgIpc) is 3.95. The number of imide groups is 2. The van der Waals surface area contributed by atoms with E-state index in [1.165, 1.54) is 11.3 Å². The van der Waals surface area contributed by atoms with Gasteiger partial charge in [-0.05, 0) is 112 Å². The zero-order chi connectivity index (χ0) is 49.5. The smallest absolute Gasteiger partial charge is 0.270 e. The summed E-state index contributed by atoms with van der Waals surface area (Å²) in [7, 11) is 1.60. The maximum absolute atomic E-state index is 14.2. The van der Waals surface area contributed by atoms with Crippen molar-refractivity contribution in [2.75, 3.05) is 72.9 Å². The van der Waals surface area contributed by atoms with Crippen LogP contribution < -0.4 is 30.1 Å². The molecule has 18 nitrogen and oxygen atoms in total. The zero-order valence-corrected chi connectivity index (χ0v) is 41.4. The molecule has 4 aromatic rings. The molecule has 11 rings (SSSR count). The van der Waals surface area contributed by atoms with E-state index in [0.29, 0.717) is 41.1 Å². The van der Waals surface area contributed by atoms with E-state index in [0.717, 1.165) is 112 Å². The Balaban J connectivity index is 0.705. The van der Waals surface area contributed by atoms with Gasteiger partial charge in [0.2, 0.25) is 17.7 Å². The molecule has 1 aromatic carbocycles. The Morgan fingerprint density at radius 2 is 1.55 bits per heavy atom. The van der Waals surface area contributed by atoms with Crippen molar-refractivity contribution in [2.45, 2.75) is 122 Å². The van der Waals surface area contributed by atoms with E-state index in [1.54, 1.807) is 25.4 Å². The van der Waals surface area contributed by atoms with Gasteiger partial charge in [-0.1, -0.05) is 13.8 Å². The summed E-state index contributed by atoms with van der Waals surface area (Å²) in [6.45, 7) is 15.1. The highest BCUT2D eigenvalue weighted by molar-refractivity contribution is 6.23. The number of methoxy groups -OCH3 is 1. The van der Waals surface area contributed by atoms with Gasteiger partial charge >= 0.3 is 0 Å². The van der Waals surface area contributed by atoms with Crippen LogP contribution in [0, 0.1) is 5.41 Å². The van der Waals surface area contributed by atoms with Crippen LogP contribution in [-0.2, 0) is 29.0 Å². The van der Waals surface area contributed by atoms with Gasteiger partial charge in [-0.15, -0.1) is 0 Å². The minimum Gasteiger partial charge on any atom is -0.480 e. The summed E-state index contributed by atoms with van der Waals surface area (Å²) >= 11 is 0. The number of aromatic nitrogens is 3. The van der Waals surface area contributed by atoms with Crippen LogP contribution >= 0.6 is 0 Å². The number of hydrogen-bond donors (Lipinski definition) is 3. The van der Waals surface area contributed by atoms with Gasteiger partial charge in [-0.3, -0.25) is 39.1 Å². The maximum Gasteiger partial charge on any atom is 0.270 e. The molecular formula is C53H65N11O7. The quantitative estimate of drug-likeness (QED) is 0.187. The molecule has 0 spiro atoms. The number of benzene rings is 1. The number of piperidine rings is 3. The van der Waals surface area contributed by atoms with Crippen molar-refractivity contribution >= 4 is 58.1 Å². The molecular weight excluding hydrogens is 903 g/mol. The number of nitrogens with one attached hydrogen (secondary N) is 2. The number of pyridine rings is 2. The topological polar surface area (TPSA) is 189 Å². The fraction of sp³-hybridized carbons (Fsp3) is 0.528. The summed E-state index contributed by atoms with van der Waals surface area (Å²) in [6.07, 6.45) is 8.81. The Bertz CT molecular complexity index is 2780. The fourth-order valence-electron chi connectivity index (χ4n) is 12.9. The molecule has 374 valence electrons. The van der Waals surface area contributed by atoms with Crippen molar-refractivity contribution in [3.63, 3.8) is 0 Å². The lowest BCUT2D eigenvalue weighted by molar-refractivity contribution is -0.136. The first-order chi connectivity index (χ1) is 34.2. The number of ether oxygens (including phenoxy) is 1. The van der Waals surface area contributed by atoms with E-state index in [4.69, 9.17) is 14.7 Å². The molecule has 4 fully saturated rings. The number of anilines is 5. The Labute approximate surface area is 414 Å². The second-order valence-electron chi connectivity index (χ2n) is 21.5. The highest BCUT2D eigenvalue weighted by atomic mass is 16.5. The average molecular weight is 968 g/mol. The number of nitrogens with zero attached hydrogens (tertiary/aromatic N) is 9. The lowest BCUT2D eigenvalue weighted by Crippen LogP contribution is -2.62. The molecule has 6 aliphatic heterocycles. The largest absolute Gasteiger partial charge is 0.480 e. The summed E-state index contributed by atoms with van der Waals surface area (Å²) in [6, 6.07) is 12.8. The Hall–Kier alpha value is -6.53.